The van der Waals surface area contributed by atoms with Gasteiger partial charge in [-0.25, -0.2) is 0 Å². The second-order valence-electron chi connectivity index (χ2n) is 7.65. The summed E-state index contributed by atoms with van der Waals surface area (Å²) in [6, 6.07) is 10.2. The van der Waals surface area contributed by atoms with E-state index in [1.165, 1.54) is 0 Å². The predicted octanol–water partition coefficient (Wildman–Crippen LogP) is 2.72. The highest BCUT2D eigenvalue weighted by molar-refractivity contribution is 7.08. The molecule has 152 valence electrons. The molecule has 1 fully saturated rings. The lowest BCUT2D eigenvalue weighted by molar-refractivity contribution is -0.119. The Labute approximate surface area is 177 Å². The number of hydrogen-bond donors (Lipinski definition) is 2. The number of aromatic nitrogens is 1. The molecule has 2 aromatic heterocycles. The van der Waals surface area contributed by atoms with E-state index in [-0.39, 0.29) is 23.8 Å². The van der Waals surface area contributed by atoms with Gasteiger partial charge >= 0.3 is 0 Å². The minimum absolute atomic E-state index is 0.193. The van der Waals surface area contributed by atoms with E-state index in [0.717, 1.165) is 11.1 Å². The molecular formula is C22H20N4O3S. The summed E-state index contributed by atoms with van der Waals surface area (Å²) in [6.45, 7) is 0.301. The maximum atomic E-state index is 13.3. The van der Waals surface area contributed by atoms with Crippen molar-refractivity contribution in [2.45, 2.75) is 18.5 Å². The van der Waals surface area contributed by atoms with E-state index in [0.29, 0.717) is 29.9 Å². The quantitative estimate of drug-likeness (QED) is 0.683. The van der Waals surface area contributed by atoms with E-state index in [1.807, 2.05) is 29.0 Å². The zero-order valence-corrected chi connectivity index (χ0v) is 17.1. The minimum atomic E-state index is -0.604. The van der Waals surface area contributed by atoms with E-state index in [9.17, 15) is 14.4 Å². The van der Waals surface area contributed by atoms with Gasteiger partial charge in [-0.15, -0.1) is 0 Å². The molecule has 0 aliphatic carbocycles. The van der Waals surface area contributed by atoms with Crippen molar-refractivity contribution in [3.8, 4) is 11.1 Å². The molecule has 0 saturated carbocycles. The first kappa shape index (κ1) is 18.6. The van der Waals surface area contributed by atoms with Gasteiger partial charge < -0.3 is 20.1 Å². The van der Waals surface area contributed by atoms with Gasteiger partial charge in [0.15, 0.2) is 0 Å². The normalized spacial score (nSPS) is 20.4. The summed E-state index contributed by atoms with van der Waals surface area (Å²) in [4.78, 5) is 40.3. The van der Waals surface area contributed by atoms with Gasteiger partial charge in [-0.1, -0.05) is 6.07 Å². The van der Waals surface area contributed by atoms with Crippen LogP contribution in [0.1, 0.15) is 27.3 Å². The zero-order chi connectivity index (χ0) is 20.8. The third kappa shape index (κ3) is 3.09. The van der Waals surface area contributed by atoms with E-state index < -0.39 is 6.04 Å². The summed E-state index contributed by atoms with van der Waals surface area (Å²) in [6.07, 6.45) is 2.19. The molecule has 7 nitrogen and oxygen atoms in total. The predicted molar refractivity (Wildman–Crippen MR) is 114 cm³/mol. The zero-order valence-electron chi connectivity index (χ0n) is 16.3. The number of rotatable bonds is 3. The number of hydrogen-bond acceptors (Lipinski definition) is 4. The molecular weight excluding hydrogens is 400 g/mol. The number of nitrogens with one attached hydrogen (secondary N) is 2. The molecule has 2 aliphatic heterocycles. The molecule has 8 heteroatoms. The summed E-state index contributed by atoms with van der Waals surface area (Å²) in [7, 11) is 1.80. The molecule has 2 N–H and O–H groups in total. The Hall–Kier alpha value is -3.39. The Morgan fingerprint density at radius 2 is 2.07 bits per heavy atom. The number of anilines is 1. The molecule has 0 radical (unpaired) electrons. The van der Waals surface area contributed by atoms with Gasteiger partial charge in [0, 0.05) is 25.8 Å². The van der Waals surface area contributed by atoms with E-state index in [4.69, 9.17) is 0 Å². The fraction of sp³-hybridized carbons (Fsp3) is 0.227. The average Bonchev–Trinajstić information content (AvgIpc) is 3.47. The number of amides is 3. The molecule has 1 aromatic carbocycles. The third-order valence-electron chi connectivity index (χ3n) is 5.74. The van der Waals surface area contributed by atoms with Crippen LogP contribution in [0.5, 0.6) is 0 Å². The van der Waals surface area contributed by atoms with Gasteiger partial charge in [0.1, 0.15) is 11.7 Å². The molecule has 4 heterocycles. The third-order valence-corrected chi connectivity index (χ3v) is 6.42. The van der Waals surface area contributed by atoms with Gasteiger partial charge in [0.05, 0.1) is 11.3 Å². The molecule has 1 saturated heterocycles. The highest BCUT2D eigenvalue weighted by Crippen LogP contribution is 2.32. The Morgan fingerprint density at radius 3 is 2.80 bits per heavy atom. The summed E-state index contributed by atoms with van der Waals surface area (Å²) < 4.78 is 1.74. The topological polar surface area (TPSA) is 83.4 Å². The first-order valence-electron chi connectivity index (χ1n) is 9.72. The van der Waals surface area contributed by atoms with E-state index in [1.54, 1.807) is 52.2 Å². The first-order chi connectivity index (χ1) is 14.5. The lowest BCUT2D eigenvalue weighted by Gasteiger charge is -2.20. The molecule has 2 aliphatic rings. The number of carbonyl (C=O) groups excluding carboxylic acids is 3. The molecule has 3 aromatic rings. The van der Waals surface area contributed by atoms with Crippen molar-refractivity contribution >= 4 is 34.7 Å². The van der Waals surface area contributed by atoms with Crippen LogP contribution in [0, 0.1) is 0 Å². The Bertz CT molecular complexity index is 1150. The number of benzene rings is 1. The lowest BCUT2D eigenvalue weighted by Crippen LogP contribution is -2.41. The largest absolute Gasteiger partial charge is 0.347 e. The van der Waals surface area contributed by atoms with Gasteiger partial charge in [-0.05, 0) is 58.6 Å². The molecule has 0 spiro atoms. The Kier molecular flexibility index (Phi) is 4.43. The number of fused-ring (bicyclic) bond motifs is 2. The Balaban J connectivity index is 1.40. The molecule has 0 unspecified atom stereocenters. The molecule has 0 bridgehead atoms. The van der Waals surface area contributed by atoms with Crippen LogP contribution >= 0.6 is 11.3 Å². The summed E-state index contributed by atoms with van der Waals surface area (Å²) in [5.74, 6) is -0.625. The second kappa shape index (κ2) is 7.14. The van der Waals surface area contributed by atoms with Gasteiger partial charge in [-0.3, -0.25) is 14.4 Å². The number of carbonyl (C=O) groups is 3. The van der Waals surface area contributed by atoms with Crippen LogP contribution in [0.15, 0.2) is 53.4 Å². The molecule has 3 amide bonds. The fourth-order valence-electron chi connectivity index (χ4n) is 4.18. The van der Waals surface area contributed by atoms with Crippen molar-refractivity contribution in [2.24, 2.45) is 7.05 Å². The van der Waals surface area contributed by atoms with Crippen molar-refractivity contribution in [1.29, 1.82) is 0 Å². The van der Waals surface area contributed by atoms with Gasteiger partial charge in [0.25, 0.3) is 11.8 Å². The highest BCUT2D eigenvalue weighted by Gasteiger charge is 2.43. The number of aryl methyl sites for hydroxylation is 1. The van der Waals surface area contributed by atoms with Crippen LogP contribution in [0.2, 0.25) is 0 Å². The molecule has 30 heavy (non-hydrogen) atoms. The lowest BCUT2D eigenvalue weighted by atomic mass is 10.0. The van der Waals surface area contributed by atoms with E-state index >= 15 is 0 Å². The highest BCUT2D eigenvalue weighted by atomic mass is 32.1. The van der Waals surface area contributed by atoms with Crippen LogP contribution in [-0.2, 0) is 11.8 Å². The van der Waals surface area contributed by atoms with Crippen molar-refractivity contribution in [1.82, 2.24) is 14.8 Å². The Morgan fingerprint density at radius 1 is 1.20 bits per heavy atom. The standard InChI is InChI=1S/C22H20N4O3S/c1-25-7-2-3-18(25)20(27)23-15-10-19-21(28)24-17-5-4-13(14-6-8-30-12-14)9-16(17)22(29)26(19)11-15/h2-9,12,15,19H,10-11H2,1H3,(H,23,27)(H,24,28)/t15-,19-/m0/s1. The van der Waals surface area contributed by atoms with Gasteiger partial charge in [0.2, 0.25) is 5.91 Å². The second-order valence-corrected chi connectivity index (χ2v) is 8.43. The van der Waals surface area contributed by atoms with Gasteiger partial charge in [-0.2, -0.15) is 11.3 Å². The minimum Gasteiger partial charge on any atom is -0.347 e. The first-order valence-corrected chi connectivity index (χ1v) is 10.7. The van der Waals surface area contributed by atoms with Crippen LogP contribution in [0.25, 0.3) is 11.1 Å². The summed E-state index contributed by atoms with van der Waals surface area (Å²) in [5.41, 5.74) is 3.52. The SMILES string of the molecule is Cn1cccc1C(=O)N[C@H]1C[C@H]2C(=O)Nc3ccc(-c4ccsc4)cc3C(=O)N2C1. The molecule has 5 rings (SSSR count). The van der Waals surface area contributed by atoms with Crippen molar-refractivity contribution in [2.75, 3.05) is 11.9 Å². The maximum absolute atomic E-state index is 13.3. The summed E-state index contributed by atoms with van der Waals surface area (Å²) >= 11 is 1.59. The van der Waals surface area contributed by atoms with Crippen molar-refractivity contribution < 1.29 is 14.4 Å². The van der Waals surface area contributed by atoms with Crippen LogP contribution in [0.3, 0.4) is 0 Å². The number of nitrogens with zero attached hydrogens (tertiary/aromatic N) is 2. The number of thiophene rings is 1. The van der Waals surface area contributed by atoms with Crippen molar-refractivity contribution in [3.05, 3.63) is 64.6 Å². The van der Waals surface area contributed by atoms with Crippen LogP contribution < -0.4 is 10.6 Å². The monoisotopic (exact) mass is 420 g/mol. The maximum Gasteiger partial charge on any atom is 0.268 e. The summed E-state index contributed by atoms with van der Waals surface area (Å²) in [5, 5.41) is 9.87. The average molecular weight is 420 g/mol. The van der Waals surface area contributed by atoms with E-state index in [2.05, 4.69) is 10.6 Å². The smallest absolute Gasteiger partial charge is 0.268 e. The van der Waals surface area contributed by atoms with Crippen LogP contribution in [-0.4, -0.2) is 45.8 Å². The van der Waals surface area contributed by atoms with Crippen LogP contribution in [0.4, 0.5) is 5.69 Å². The molecule has 2 atom stereocenters. The fourth-order valence-corrected chi connectivity index (χ4v) is 4.84. The van der Waals surface area contributed by atoms with Crippen molar-refractivity contribution in [3.63, 3.8) is 0 Å².